The van der Waals surface area contributed by atoms with Crippen molar-refractivity contribution in [3.05, 3.63) is 47.7 Å². The fraction of sp³-hybridized carbons (Fsp3) is 0.0714. The number of rotatable bonds is 4. The number of carboxylic acid groups (broad SMARTS) is 1. The highest BCUT2D eigenvalue weighted by Gasteiger charge is 2.15. The maximum atomic E-state index is 11.2. The molecule has 6 heteroatoms. The van der Waals surface area contributed by atoms with E-state index in [0.717, 1.165) is 4.90 Å². The van der Waals surface area contributed by atoms with Crippen molar-refractivity contribution in [3.63, 3.8) is 0 Å². The quantitative estimate of drug-likeness (QED) is 0.871. The van der Waals surface area contributed by atoms with Gasteiger partial charge in [-0.3, -0.25) is 0 Å². The number of hydrogen-bond acceptors (Lipinski definition) is 5. The molecule has 0 spiro atoms. The minimum atomic E-state index is -1.03. The Morgan fingerprint density at radius 2 is 2.05 bits per heavy atom. The lowest BCUT2D eigenvalue weighted by atomic mass is 10.2. The molecule has 0 saturated heterocycles. The van der Waals surface area contributed by atoms with Gasteiger partial charge < -0.3 is 5.11 Å². The Labute approximate surface area is 124 Å². The van der Waals surface area contributed by atoms with Crippen LogP contribution in [0.3, 0.4) is 0 Å². The summed E-state index contributed by atoms with van der Waals surface area (Å²) in [6, 6.07) is 10.8. The molecule has 0 aliphatic rings. The third-order valence-electron chi connectivity index (χ3n) is 2.53. The van der Waals surface area contributed by atoms with Crippen LogP contribution >= 0.6 is 23.5 Å². The number of nitrogens with zero attached hydrogens (tertiary/aromatic N) is 2. The summed E-state index contributed by atoms with van der Waals surface area (Å²) < 4.78 is 0. The number of aromatic carboxylic acids is 1. The van der Waals surface area contributed by atoms with E-state index in [2.05, 4.69) is 11.1 Å². The third kappa shape index (κ3) is 2.95. The first-order valence-corrected chi connectivity index (χ1v) is 7.64. The van der Waals surface area contributed by atoms with E-state index in [1.807, 2.05) is 18.4 Å². The number of pyridine rings is 1. The molecule has 0 fully saturated rings. The lowest BCUT2D eigenvalue weighted by molar-refractivity contribution is 0.0692. The largest absolute Gasteiger partial charge is 0.478 e. The van der Waals surface area contributed by atoms with E-state index in [0.29, 0.717) is 15.5 Å². The van der Waals surface area contributed by atoms with Crippen LogP contribution in [-0.2, 0) is 0 Å². The van der Waals surface area contributed by atoms with Crippen LogP contribution in [0, 0.1) is 11.3 Å². The Bertz CT molecular complexity index is 696. The molecule has 100 valence electrons. The van der Waals surface area contributed by atoms with Crippen molar-refractivity contribution in [2.75, 3.05) is 6.26 Å². The van der Waals surface area contributed by atoms with Crippen LogP contribution in [0.2, 0.25) is 0 Å². The fourth-order valence-corrected chi connectivity index (χ4v) is 3.25. The molecule has 0 saturated carbocycles. The molecule has 20 heavy (non-hydrogen) atoms. The summed E-state index contributed by atoms with van der Waals surface area (Å²) >= 11 is 2.68. The van der Waals surface area contributed by atoms with Crippen molar-refractivity contribution in [1.82, 2.24) is 4.98 Å². The minimum Gasteiger partial charge on any atom is -0.478 e. The van der Waals surface area contributed by atoms with Crippen LogP contribution in [0.1, 0.15) is 15.9 Å². The summed E-state index contributed by atoms with van der Waals surface area (Å²) in [5.74, 6) is -1.03. The molecule has 2 aromatic rings. The van der Waals surface area contributed by atoms with Crippen LogP contribution in [0.4, 0.5) is 0 Å². The van der Waals surface area contributed by atoms with Crippen LogP contribution in [0.15, 0.2) is 51.3 Å². The summed E-state index contributed by atoms with van der Waals surface area (Å²) in [6.45, 7) is 0. The zero-order chi connectivity index (χ0) is 14.5. The zero-order valence-corrected chi connectivity index (χ0v) is 12.2. The molecule has 4 nitrogen and oxygen atoms in total. The summed E-state index contributed by atoms with van der Waals surface area (Å²) in [7, 11) is 0. The number of carboxylic acids is 1. The zero-order valence-electron chi connectivity index (χ0n) is 10.5. The molecular formula is C14H10N2O2S2. The Morgan fingerprint density at radius 3 is 2.70 bits per heavy atom. The van der Waals surface area contributed by atoms with Gasteiger partial charge in [-0.15, -0.1) is 11.8 Å². The van der Waals surface area contributed by atoms with Gasteiger partial charge in [-0.25, -0.2) is 9.78 Å². The van der Waals surface area contributed by atoms with Gasteiger partial charge in [0.25, 0.3) is 0 Å². The lowest BCUT2D eigenvalue weighted by Crippen LogP contribution is -2.00. The molecule has 1 aromatic carbocycles. The molecule has 1 aromatic heterocycles. The Hall–Kier alpha value is -1.97. The molecule has 0 atom stereocenters. The number of nitriles is 1. The van der Waals surface area contributed by atoms with Crippen molar-refractivity contribution in [3.8, 4) is 6.07 Å². The van der Waals surface area contributed by atoms with E-state index in [1.54, 1.807) is 18.3 Å². The summed E-state index contributed by atoms with van der Waals surface area (Å²) in [5, 5.41) is 18.8. The van der Waals surface area contributed by atoms with Crippen LogP contribution in [-0.4, -0.2) is 22.3 Å². The predicted molar refractivity (Wildman–Crippen MR) is 78.3 cm³/mol. The van der Waals surface area contributed by atoms with Gasteiger partial charge >= 0.3 is 5.97 Å². The van der Waals surface area contributed by atoms with Crippen LogP contribution in [0.25, 0.3) is 0 Å². The molecule has 0 amide bonds. The van der Waals surface area contributed by atoms with Crippen molar-refractivity contribution in [2.24, 2.45) is 0 Å². The average Bonchev–Trinajstić information content (AvgIpc) is 2.47. The predicted octanol–water partition coefficient (Wildman–Crippen LogP) is 3.52. The van der Waals surface area contributed by atoms with Gasteiger partial charge in [-0.1, -0.05) is 17.8 Å². The van der Waals surface area contributed by atoms with Crippen LogP contribution < -0.4 is 0 Å². The first kappa shape index (κ1) is 14.4. The number of thioether (sulfide) groups is 1. The second kappa shape index (κ2) is 6.46. The molecule has 1 N–H and O–H groups in total. The normalized spacial score (nSPS) is 10.0. The van der Waals surface area contributed by atoms with Gasteiger partial charge in [-0.2, -0.15) is 5.26 Å². The fourth-order valence-electron chi connectivity index (χ4n) is 1.62. The van der Waals surface area contributed by atoms with Crippen molar-refractivity contribution in [1.29, 1.82) is 5.26 Å². The maximum absolute atomic E-state index is 11.2. The van der Waals surface area contributed by atoms with E-state index in [4.69, 9.17) is 5.11 Å². The number of carbonyl (C=O) groups is 1. The van der Waals surface area contributed by atoms with Gasteiger partial charge in [0.2, 0.25) is 0 Å². The van der Waals surface area contributed by atoms with E-state index in [9.17, 15) is 10.1 Å². The molecule has 0 radical (unpaired) electrons. The first-order valence-electron chi connectivity index (χ1n) is 5.60. The Kier molecular flexibility index (Phi) is 4.66. The molecule has 2 rings (SSSR count). The average molecular weight is 302 g/mol. The van der Waals surface area contributed by atoms with E-state index >= 15 is 0 Å². The maximum Gasteiger partial charge on any atom is 0.338 e. The highest BCUT2D eigenvalue weighted by Crippen LogP contribution is 2.34. The molecule has 0 aliphatic carbocycles. The van der Waals surface area contributed by atoms with Crippen molar-refractivity contribution >= 4 is 29.5 Å². The van der Waals surface area contributed by atoms with E-state index in [-0.39, 0.29) is 5.56 Å². The number of benzene rings is 1. The molecule has 0 aliphatic heterocycles. The first-order chi connectivity index (χ1) is 9.67. The lowest BCUT2D eigenvalue weighted by Gasteiger charge is -2.08. The standard InChI is InChI=1S/C14H10N2O2S2/c1-19-11-5-2-6-12(10(11)8-15)20-13-9(14(17)18)4-3-7-16-13/h2-7H,1H3,(H,17,18). The second-order valence-electron chi connectivity index (χ2n) is 3.71. The highest BCUT2D eigenvalue weighted by molar-refractivity contribution is 8.00. The second-order valence-corrected chi connectivity index (χ2v) is 5.59. The molecular weight excluding hydrogens is 292 g/mol. The van der Waals surface area contributed by atoms with Gasteiger partial charge in [0, 0.05) is 16.0 Å². The van der Waals surface area contributed by atoms with Crippen molar-refractivity contribution in [2.45, 2.75) is 14.8 Å². The SMILES string of the molecule is CSc1cccc(Sc2ncccc2C(=O)O)c1C#N. The number of aromatic nitrogens is 1. The summed E-state index contributed by atoms with van der Waals surface area (Å²) in [4.78, 5) is 16.8. The number of hydrogen-bond donors (Lipinski definition) is 1. The van der Waals surface area contributed by atoms with Gasteiger partial charge in [-0.05, 0) is 30.5 Å². The summed E-state index contributed by atoms with van der Waals surface area (Å²) in [6.07, 6.45) is 3.44. The Morgan fingerprint density at radius 1 is 1.30 bits per heavy atom. The van der Waals surface area contributed by atoms with Gasteiger partial charge in [0.1, 0.15) is 11.1 Å². The van der Waals surface area contributed by atoms with E-state index < -0.39 is 5.97 Å². The smallest absolute Gasteiger partial charge is 0.338 e. The third-order valence-corrected chi connectivity index (χ3v) is 4.39. The topological polar surface area (TPSA) is 74.0 Å². The van der Waals surface area contributed by atoms with E-state index in [1.165, 1.54) is 29.6 Å². The molecule has 1 heterocycles. The highest BCUT2D eigenvalue weighted by atomic mass is 32.2. The molecule has 0 bridgehead atoms. The van der Waals surface area contributed by atoms with Gasteiger partial charge in [0.05, 0.1) is 11.1 Å². The minimum absolute atomic E-state index is 0.135. The molecule has 0 unspecified atom stereocenters. The Balaban J connectivity index is 2.46. The van der Waals surface area contributed by atoms with Gasteiger partial charge in [0.15, 0.2) is 0 Å². The monoisotopic (exact) mass is 302 g/mol. The van der Waals surface area contributed by atoms with Crippen LogP contribution in [0.5, 0.6) is 0 Å². The van der Waals surface area contributed by atoms with Crippen molar-refractivity contribution < 1.29 is 9.90 Å². The summed E-state index contributed by atoms with van der Waals surface area (Å²) in [5.41, 5.74) is 0.683.